The summed E-state index contributed by atoms with van der Waals surface area (Å²) in [6.45, 7) is 9.68. The van der Waals surface area contributed by atoms with Gasteiger partial charge >= 0.3 is 0 Å². The van der Waals surface area contributed by atoms with Crippen LogP contribution in [0, 0.1) is 6.92 Å². The van der Waals surface area contributed by atoms with E-state index in [4.69, 9.17) is 9.51 Å². The van der Waals surface area contributed by atoms with Crippen LogP contribution in [0.3, 0.4) is 0 Å². The van der Waals surface area contributed by atoms with Gasteiger partial charge in [-0.15, -0.1) is 0 Å². The number of aryl methyl sites for hydroxylation is 1. The predicted octanol–water partition coefficient (Wildman–Crippen LogP) is 4.82. The van der Waals surface area contributed by atoms with Crippen LogP contribution in [-0.4, -0.2) is 36.6 Å². The van der Waals surface area contributed by atoms with Crippen molar-refractivity contribution >= 4 is 10.8 Å². The van der Waals surface area contributed by atoms with Gasteiger partial charge in [0.05, 0.1) is 28.4 Å². The summed E-state index contributed by atoms with van der Waals surface area (Å²) in [5.41, 5.74) is 6.02. The quantitative estimate of drug-likeness (QED) is 0.387. The van der Waals surface area contributed by atoms with Crippen LogP contribution in [0.5, 0.6) is 0 Å². The SMILES string of the molecule is CCNCc1ccc(-c2cc(-c3nc(-c4ccc(S(=O)C(C)C)cc4)cnc3C)on2)cc1.O.[HH]. The van der Waals surface area contributed by atoms with E-state index < -0.39 is 10.8 Å². The molecule has 2 aromatic heterocycles. The Morgan fingerprint density at radius 2 is 1.68 bits per heavy atom. The lowest BCUT2D eigenvalue weighted by Crippen LogP contribution is -2.11. The second kappa shape index (κ2) is 11.3. The molecule has 0 spiro atoms. The van der Waals surface area contributed by atoms with Crippen molar-refractivity contribution in [2.24, 2.45) is 0 Å². The van der Waals surface area contributed by atoms with Gasteiger partial charge in [-0.1, -0.05) is 62.3 Å². The highest BCUT2D eigenvalue weighted by Crippen LogP contribution is 2.29. The topological polar surface area (TPSA) is 112 Å². The van der Waals surface area contributed by atoms with Gasteiger partial charge in [-0.3, -0.25) is 9.19 Å². The van der Waals surface area contributed by atoms with E-state index >= 15 is 0 Å². The molecule has 4 rings (SSSR count). The van der Waals surface area contributed by atoms with E-state index in [1.807, 2.05) is 63.2 Å². The van der Waals surface area contributed by atoms with Crippen molar-refractivity contribution in [1.82, 2.24) is 20.4 Å². The summed E-state index contributed by atoms with van der Waals surface area (Å²) in [6.07, 6.45) is 1.74. The van der Waals surface area contributed by atoms with Crippen molar-refractivity contribution in [3.8, 4) is 34.0 Å². The van der Waals surface area contributed by atoms with Gasteiger partial charge in [0.25, 0.3) is 0 Å². The molecule has 0 saturated carbocycles. The van der Waals surface area contributed by atoms with Gasteiger partial charge in [-0.2, -0.15) is 0 Å². The summed E-state index contributed by atoms with van der Waals surface area (Å²) < 4.78 is 18.0. The molecule has 4 aromatic rings. The lowest BCUT2D eigenvalue weighted by molar-refractivity contribution is 0.433. The molecule has 0 amide bonds. The number of nitrogens with zero attached hydrogens (tertiary/aromatic N) is 3. The summed E-state index contributed by atoms with van der Waals surface area (Å²) in [5, 5.41) is 7.65. The maximum absolute atomic E-state index is 12.3. The van der Waals surface area contributed by atoms with Crippen molar-refractivity contribution in [2.45, 2.75) is 44.4 Å². The Morgan fingerprint density at radius 3 is 2.32 bits per heavy atom. The summed E-state index contributed by atoms with van der Waals surface area (Å²) in [4.78, 5) is 10.1. The summed E-state index contributed by atoms with van der Waals surface area (Å²) >= 11 is 0. The second-order valence-electron chi connectivity index (χ2n) is 8.11. The number of hydrogen-bond acceptors (Lipinski definition) is 6. The van der Waals surface area contributed by atoms with Crippen LogP contribution < -0.4 is 5.32 Å². The molecule has 0 aliphatic heterocycles. The van der Waals surface area contributed by atoms with Crippen molar-refractivity contribution < 1.29 is 15.6 Å². The van der Waals surface area contributed by atoms with E-state index in [0.717, 1.165) is 46.2 Å². The normalized spacial score (nSPS) is 11.9. The Balaban J connectivity index is 0.00000216. The largest absolute Gasteiger partial charge is 0.412 e. The highest BCUT2D eigenvalue weighted by molar-refractivity contribution is 7.85. The standard InChI is InChI=1S/C26H28N4O2S.H2O.H2/c1-5-27-15-19-6-8-20(9-7-19)23-14-25(32-30-23)26-18(4)28-16-24(29-26)21-10-12-22(13-11-21)33(31)17(2)3;;/h6-14,16-17,27H,5,15H2,1-4H3;1H2;1H. The van der Waals surface area contributed by atoms with E-state index in [0.29, 0.717) is 11.5 Å². The molecule has 0 fully saturated rings. The fourth-order valence-electron chi connectivity index (χ4n) is 3.44. The van der Waals surface area contributed by atoms with E-state index in [1.54, 1.807) is 6.20 Å². The van der Waals surface area contributed by atoms with Crippen LogP contribution in [0.15, 0.2) is 70.2 Å². The lowest BCUT2D eigenvalue weighted by Gasteiger charge is -2.08. The maximum Gasteiger partial charge on any atom is 0.187 e. The Kier molecular flexibility index (Phi) is 8.44. The van der Waals surface area contributed by atoms with Crippen molar-refractivity contribution in [3.63, 3.8) is 0 Å². The van der Waals surface area contributed by atoms with E-state index in [-0.39, 0.29) is 12.2 Å². The van der Waals surface area contributed by atoms with Crippen molar-refractivity contribution in [3.05, 3.63) is 72.1 Å². The molecular formula is C26H32N4O3S. The van der Waals surface area contributed by atoms with Crippen LogP contribution in [0.4, 0.5) is 0 Å². The molecule has 1 atom stereocenters. The lowest BCUT2D eigenvalue weighted by atomic mass is 10.1. The molecule has 34 heavy (non-hydrogen) atoms. The number of aromatic nitrogens is 3. The number of nitrogens with one attached hydrogen (secondary N) is 1. The van der Waals surface area contributed by atoms with E-state index in [9.17, 15) is 4.21 Å². The minimum Gasteiger partial charge on any atom is -0.412 e. The van der Waals surface area contributed by atoms with Crippen molar-refractivity contribution in [2.75, 3.05) is 6.54 Å². The van der Waals surface area contributed by atoms with Crippen LogP contribution >= 0.6 is 0 Å². The molecular weight excluding hydrogens is 448 g/mol. The van der Waals surface area contributed by atoms with Crippen LogP contribution in [0.25, 0.3) is 34.0 Å². The minimum atomic E-state index is -1.02. The molecule has 0 saturated heterocycles. The zero-order valence-electron chi connectivity index (χ0n) is 19.8. The average molecular weight is 481 g/mol. The molecule has 7 nitrogen and oxygen atoms in total. The fourth-order valence-corrected chi connectivity index (χ4v) is 4.39. The smallest absolute Gasteiger partial charge is 0.187 e. The Hall–Kier alpha value is -3.20. The highest BCUT2D eigenvalue weighted by Gasteiger charge is 2.15. The number of benzene rings is 2. The van der Waals surface area contributed by atoms with Gasteiger partial charge in [0.15, 0.2) is 5.76 Å². The van der Waals surface area contributed by atoms with Gasteiger partial charge < -0.3 is 15.3 Å². The molecule has 0 aliphatic rings. The van der Waals surface area contributed by atoms with E-state index in [1.165, 1.54) is 5.56 Å². The second-order valence-corrected chi connectivity index (χ2v) is 10.1. The van der Waals surface area contributed by atoms with Crippen LogP contribution in [-0.2, 0) is 17.3 Å². The van der Waals surface area contributed by atoms with Gasteiger partial charge in [-0.05, 0) is 31.2 Å². The number of hydrogen-bond donors (Lipinski definition) is 1. The van der Waals surface area contributed by atoms with Crippen LogP contribution in [0.2, 0.25) is 0 Å². The fraction of sp³-hybridized carbons (Fsp3) is 0.269. The number of rotatable bonds is 8. The Morgan fingerprint density at radius 1 is 1.03 bits per heavy atom. The third-order valence-electron chi connectivity index (χ3n) is 5.34. The van der Waals surface area contributed by atoms with E-state index in [2.05, 4.69) is 34.5 Å². The summed E-state index contributed by atoms with van der Waals surface area (Å²) in [6, 6.07) is 17.8. The van der Waals surface area contributed by atoms with Crippen molar-refractivity contribution in [1.29, 1.82) is 0 Å². The molecule has 2 aromatic carbocycles. The highest BCUT2D eigenvalue weighted by atomic mass is 32.2. The Bertz CT molecular complexity index is 1260. The van der Waals surface area contributed by atoms with Gasteiger partial charge in [0.2, 0.25) is 0 Å². The first-order valence-corrected chi connectivity index (χ1v) is 12.3. The van der Waals surface area contributed by atoms with Gasteiger partial charge in [0.1, 0.15) is 11.4 Å². The molecule has 0 radical (unpaired) electrons. The zero-order valence-corrected chi connectivity index (χ0v) is 20.6. The molecule has 1 unspecified atom stereocenters. The molecule has 2 heterocycles. The third kappa shape index (κ3) is 5.64. The van der Waals surface area contributed by atoms with Crippen LogP contribution in [0.1, 0.15) is 33.5 Å². The zero-order chi connectivity index (χ0) is 23.4. The summed E-state index contributed by atoms with van der Waals surface area (Å²) in [7, 11) is -1.02. The monoisotopic (exact) mass is 480 g/mol. The molecule has 180 valence electrons. The third-order valence-corrected chi connectivity index (χ3v) is 6.93. The molecule has 8 heteroatoms. The average Bonchev–Trinajstić information content (AvgIpc) is 3.33. The molecule has 0 aliphatic carbocycles. The summed E-state index contributed by atoms with van der Waals surface area (Å²) in [5.74, 6) is 0.575. The first-order chi connectivity index (χ1) is 16.0. The van der Waals surface area contributed by atoms with Gasteiger partial charge in [-0.25, -0.2) is 4.98 Å². The first-order valence-electron chi connectivity index (χ1n) is 11.1. The molecule has 0 bridgehead atoms. The maximum atomic E-state index is 12.3. The predicted molar refractivity (Wildman–Crippen MR) is 138 cm³/mol. The molecule has 3 N–H and O–H groups in total. The Labute approximate surface area is 203 Å². The van der Waals surface area contributed by atoms with Gasteiger partial charge in [0, 0.05) is 35.3 Å². The minimum absolute atomic E-state index is 0. The first kappa shape index (κ1) is 25.4.